The van der Waals surface area contributed by atoms with Crippen molar-refractivity contribution in [2.45, 2.75) is 6.04 Å². The van der Waals surface area contributed by atoms with Gasteiger partial charge in [-0.25, -0.2) is 0 Å². The molecule has 1 heterocycles. The van der Waals surface area contributed by atoms with Gasteiger partial charge in [0.2, 0.25) is 0 Å². The van der Waals surface area contributed by atoms with E-state index in [-0.39, 0.29) is 6.04 Å². The number of nitrogens with one attached hydrogen (secondary N) is 2. The first-order valence-electron chi connectivity index (χ1n) is 7.31. The second-order valence-electron chi connectivity index (χ2n) is 5.32. The van der Waals surface area contributed by atoms with Crippen LogP contribution >= 0.6 is 11.3 Å². The molecule has 124 valence electrons. The molecule has 0 aliphatic heterocycles. The molecule has 7 heteroatoms. The SMILES string of the molecule is CN(C)[C@@H](CNC(=O)C(=O)Nc1ccccc1C#N)c1cccs1. The third kappa shape index (κ3) is 4.41. The zero-order chi connectivity index (χ0) is 17.5. The van der Waals surface area contributed by atoms with Gasteiger partial charge >= 0.3 is 11.8 Å². The number of nitriles is 1. The molecular weight excluding hydrogens is 324 g/mol. The molecule has 2 aromatic rings. The van der Waals surface area contributed by atoms with Gasteiger partial charge in [-0.05, 0) is 37.7 Å². The lowest BCUT2D eigenvalue weighted by molar-refractivity contribution is -0.136. The lowest BCUT2D eigenvalue weighted by Crippen LogP contribution is -2.40. The molecule has 0 spiro atoms. The second kappa shape index (κ2) is 8.24. The van der Waals surface area contributed by atoms with Crippen molar-refractivity contribution in [3.63, 3.8) is 0 Å². The summed E-state index contributed by atoms with van der Waals surface area (Å²) in [4.78, 5) is 27.1. The van der Waals surface area contributed by atoms with Crippen molar-refractivity contribution in [1.29, 1.82) is 5.26 Å². The molecule has 0 saturated carbocycles. The van der Waals surface area contributed by atoms with Crippen LogP contribution in [0.2, 0.25) is 0 Å². The number of carbonyl (C=O) groups is 2. The van der Waals surface area contributed by atoms with Crippen molar-refractivity contribution in [2.75, 3.05) is 26.0 Å². The summed E-state index contributed by atoms with van der Waals surface area (Å²) in [6.45, 7) is 0.319. The van der Waals surface area contributed by atoms with Gasteiger partial charge in [-0.2, -0.15) is 5.26 Å². The Morgan fingerprint density at radius 2 is 1.96 bits per heavy atom. The normalized spacial score (nSPS) is 11.6. The Hall–Kier alpha value is -2.69. The molecule has 0 unspecified atom stereocenters. The molecule has 1 atom stereocenters. The van der Waals surface area contributed by atoms with Gasteiger partial charge in [0, 0.05) is 11.4 Å². The van der Waals surface area contributed by atoms with E-state index in [1.165, 1.54) is 0 Å². The number of thiophene rings is 1. The van der Waals surface area contributed by atoms with Crippen molar-refractivity contribution < 1.29 is 9.59 Å². The van der Waals surface area contributed by atoms with E-state index >= 15 is 0 Å². The van der Waals surface area contributed by atoms with Crippen LogP contribution < -0.4 is 10.6 Å². The summed E-state index contributed by atoms with van der Waals surface area (Å²) in [5, 5.41) is 16.1. The molecule has 0 aliphatic carbocycles. The minimum absolute atomic E-state index is 0.00635. The lowest BCUT2D eigenvalue weighted by atomic mass is 10.2. The maximum atomic E-state index is 12.0. The summed E-state index contributed by atoms with van der Waals surface area (Å²) in [5.41, 5.74) is 0.631. The maximum Gasteiger partial charge on any atom is 0.313 e. The molecule has 0 bridgehead atoms. The van der Waals surface area contributed by atoms with Crippen LogP contribution in [-0.4, -0.2) is 37.4 Å². The minimum Gasteiger partial charge on any atom is -0.346 e. The number of amides is 2. The van der Waals surface area contributed by atoms with E-state index in [0.29, 0.717) is 17.8 Å². The number of benzene rings is 1. The summed E-state index contributed by atoms with van der Waals surface area (Å²) >= 11 is 1.60. The second-order valence-corrected chi connectivity index (χ2v) is 6.30. The van der Waals surface area contributed by atoms with E-state index in [1.54, 1.807) is 35.6 Å². The van der Waals surface area contributed by atoms with Crippen molar-refractivity contribution >= 4 is 28.8 Å². The Kier molecular flexibility index (Phi) is 6.07. The first-order valence-corrected chi connectivity index (χ1v) is 8.19. The van der Waals surface area contributed by atoms with E-state index in [4.69, 9.17) is 5.26 Å². The van der Waals surface area contributed by atoms with Gasteiger partial charge in [0.1, 0.15) is 6.07 Å². The summed E-state index contributed by atoms with van der Waals surface area (Å²) in [6, 6.07) is 12.4. The Morgan fingerprint density at radius 1 is 1.21 bits per heavy atom. The van der Waals surface area contributed by atoms with E-state index < -0.39 is 11.8 Å². The number of carbonyl (C=O) groups excluding carboxylic acids is 2. The largest absolute Gasteiger partial charge is 0.346 e. The van der Waals surface area contributed by atoms with E-state index in [2.05, 4.69) is 10.6 Å². The quantitative estimate of drug-likeness (QED) is 0.814. The molecule has 2 amide bonds. The monoisotopic (exact) mass is 342 g/mol. The van der Waals surface area contributed by atoms with Crippen LogP contribution in [0, 0.1) is 11.3 Å². The lowest BCUT2D eigenvalue weighted by Gasteiger charge is -2.23. The highest BCUT2D eigenvalue weighted by Gasteiger charge is 2.20. The smallest absolute Gasteiger partial charge is 0.313 e. The predicted octanol–water partition coefficient (Wildman–Crippen LogP) is 1.98. The minimum atomic E-state index is -0.790. The van der Waals surface area contributed by atoms with Gasteiger partial charge in [0.25, 0.3) is 0 Å². The maximum absolute atomic E-state index is 12.0. The van der Waals surface area contributed by atoms with Crippen LogP contribution in [0.25, 0.3) is 0 Å². The molecular formula is C17H18N4O2S. The van der Waals surface area contributed by atoms with Crippen molar-refractivity contribution in [3.8, 4) is 6.07 Å². The summed E-state index contributed by atoms with van der Waals surface area (Å²) < 4.78 is 0. The topological polar surface area (TPSA) is 85.2 Å². The highest BCUT2D eigenvalue weighted by molar-refractivity contribution is 7.10. The molecule has 0 fully saturated rings. The molecule has 0 radical (unpaired) electrons. The highest BCUT2D eigenvalue weighted by atomic mass is 32.1. The molecule has 2 N–H and O–H groups in total. The Labute approximate surface area is 144 Å². The molecule has 24 heavy (non-hydrogen) atoms. The number of para-hydroxylation sites is 1. The molecule has 1 aromatic carbocycles. The van der Waals surface area contributed by atoms with Crippen LogP contribution in [0.3, 0.4) is 0 Å². The molecule has 0 saturated heterocycles. The van der Waals surface area contributed by atoms with E-state index in [1.807, 2.05) is 42.6 Å². The molecule has 0 aliphatic rings. The Balaban J connectivity index is 1.96. The first-order chi connectivity index (χ1) is 11.5. The Morgan fingerprint density at radius 3 is 2.58 bits per heavy atom. The highest BCUT2D eigenvalue weighted by Crippen LogP contribution is 2.22. The molecule has 6 nitrogen and oxygen atoms in total. The zero-order valence-electron chi connectivity index (χ0n) is 13.4. The van der Waals surface area contributed by atoms with Gasteiger partial charge in [0.15, 0.2) is 0 Å². The zero-order valence-corrected chi connectivity index (χ0v) is 14.3. The van der Waals surface area contributed by atoms with Crippen molar-refractivity contribution in [1.82, 2.24) is 10.2 Å². The number of likely N-dealkylation sites (N-methyl/N-ethyl adjacent to an activating group) is 1. The molecule has 1 aromatic heterocycles. The Bertz CT molecular complexity index is 750. The van der Waals surface area contributed by atoms with Crippen molar-refractivity contribution in [2.24, 2.45) is 0 Å². The van der Waals surface area contributed by atoms with Gasteiger partial charge in [0.05, 0.1) is 17.3 Å². The fraction of sp³-hybridized carbons (Fsp3) is 0.235. The van der Waals surface area contributed by atoms with Crippen LogP contribution in [0.5, 0.6) is 0 Å². The number of nitrogens with zero attached hydrogens (tertiary/aromatic N) is 2. The van der Waals surface area contributed by atoms with Crippen LogP contribution in [0.15, 0.2) is 41.8 Å². The van der Waals surface area contributed by atoms with Gasteiger partial charge in [-0.1, -0.05) is 18.2 Å². The van der Waals surface area contributed by atoms with E-state index in [9.17, 15) is 9.59 Å². The number of hydrogen-bond acceptors (Lipinski definition) is 5. The fourth-order valence-corrected chi connectivity index (χ4v) is 3.08. The standard InChI is InChI=1S/C17H18N4O2S/c1-21(2)14(15-8-5-9-24-15)11-19-16(22)17(23)20-13-7-4-3-6-12(13)10-18/h3-9,14H,11H2,1-2H3,(H,19,22)(H,20,23)/t14-/m0/s1. The fourth-order valence-electron chi connectivity index (χ4n) is 2.16. The summed E-state index contributed by atoms with van der Waals surface area (Å²) in [7, 11) is 3.83. The number of hydrogen-bond donors (Lipinski definition) is 2. The van der Waals surface area contributed by atoms with Crippen LogP contribution in [0.4, 0.5) is 5.69 Å². The van der Waals surface area contributed by atoms with Gasteiger partial charge in [-0.15, -0.1) is 11.3 Å². The third-order valence-corrected chi connectivity index (χ3v) is 4.43. The van der Waals surface area contributed by atoms with Crippen LogP contribution in [-0.2, 0) is 9.59 Å². The van der Waals surface area contributed by atoms with E-state index in [0.717, 1.165) is 4.88 Å². The predicted molar refractivity (Wildman–Crippen MR) is 93.5 cm³/mol. The first kappa shape index (κ1) is 17.7. The van der Waals surface area contributed by atoms with Crippen molar-refractivity contribution in [3.05, 3.63) is 52.2 Å². The van der Waals surface area contributed by atoms with Gasteiger partial charge < -0.3 is 15.5 Å². The molecule has 2 rings (SSSR count). The average molecular weight is 342 g/mol. The number of anilines is 1. The summed E-state index contributed by atoms with van der Waals surface area (Å²) in [5.74, 6) is -1.52. The van der Waals surface area contributed by atoms with Gasteiger partial charge in [-0.3, -0.25) is 9.59 Å². The average Bonchev–Trinajstić information content (AvgIpc) is 3.09. The third-order valence-electron chi connectivity index (χ3n) is 3.45. The van der Waals surface area contributed by atoms with Crippen LogP contribution in [0.1, 0.15) is 16.5 Å². The summed E-state index contributed by atoms with van der Waals surface area (Å²) in [6.07, 6.45) is 0. The number of rotatable bonds is 5.